The number of nitrogens with zero attached hydrogens (tertiary/aromatic N) is 3. The van der Waals surface area contributed by atoms with Crippen molar-refractivity contribution in [2.24, 2.45) is 11.8 Å². The molecule has 0 saturated carbocycles. The van der Waals surface area contributed by atoms with E-state index in [4.69, 9.17) is 4.98 Å². The van der Waals surface area contributed by atoms with Gasteiger partial charge in [-0.25, -0.2) is 4.98 Å². The molecule has 7 heteroatoms. The van der Waals surface area contributed by atoms with E-state index in [9.17, 15) is 9.59 Å². The minimum absolute atomic E-state index is 0.0136. The van der Waals surface area contributed by atoms with Crippen LogP contribution < -0.4 is 5.32 Å². The Bertz CT molecular complexity index is 706. The monoisotopic (exact) mass is 390 g/mol. The Kier molecular flexibility index (Phi) is 5.50. The van der Waals surface area contributed by atoms with Crippen molar-refractivity contribution < 1.29 is 9.59 Å². The van der Waals surface area contributed by atoms with E-state index in [2.05, 4.69) is 27.4 Å². The first-order chi connectivity index (χ1) is 13.0. The Balaban J connectivity index is 1.52. The average Bonchev–Trinajstić information content (AvgIpc) is 3.09. The number of nitrogens with one attached hydrogen (secondary N) is 1. The topological polar surface area (TPSA) is 65.5 Å². The molecule has 3 saturated heterocycles. The molecule has 0 aliphatic carbocycles. The van der Waals surface area contributed by atoms with E-state index < -0.39 is 0 Å². The van der Waals surface area contributed by atoms with Gasteiger partial charge in [0.05, 0.1) is 16.7 Å². The van der Waals surface area contributed by atoms with Crippen molar-refractivity contribution in [1.82, 2.24) is 20.1 Å². The van der Waals surface area contributed by atoms with Crippen LogP contribution in [0, 0.1) is 11.8 Å². The molecule has 2 amide bonds. The number of thiazole rings is 1. The van der Waals surface area contributed by atoms with E-state index in [-0.39, 0.29) is 17.9 Å². The predicted molar refractivity (Wildman–Crippen MR) is 105 cm³/mol. The van der Waals surface area contributed by atoms with Crippen molar-refractivity contribution >= 4 is 23.2 Å². The fraction of sp³-hybridized carbons (Fsp3) is 0.750. The van der Waals surface area contributed by atoms with Crippen LogP contribution in [0.5, 0.6) is 0 Å². The van der Waals surface area contributed by atoms with Gasteiger partial charge in [0, 0.05) is 50.9 Å². The predicted octanol–water partition coefficient (Wildman–Crippen LogP) is 2.04. The van der Waals surface area contributed by atoms with E-state index in [1.807, 2.05) is 0 Å². The van der Waals surface area contributed by atoms with E-state index in [1.165, 1.54) is 17.1 Å². The fourth-order valence-corrected chi connectivity index (χ4v) is 6.06. The van der Waals surface area contributed by atoms with E-state index >= 15 is 0 Å². The Hall–Kier alpha value is -1.47. The number of piperidine rings is 3. The molecule has 4 atom stereocenters. The standard InChI is InChI=1S/C20H30N4O2S/c1-3-19-22-16(12-27-19)11-23-9-14-7-15(10-23)18(8-21-13(2)25)24-17(14)5-4-6-20(24)26/h12,14-15,17-18H,3-11H2,1-2H3,(H,21,25)/t14-,15+,17+,18+/m1/s1. The van der Waals surface area contributed by atoms with E-state index in [1.54, 1.807) is 18.3 Å². The highest BCUT2D eigenvalue weighted by Crippen LogP contribution is 2.41. The average molecular weight is 391 g/mol. The molecule has 3 fully saturated rings. The van der Waals surface area contributed by atoms with Crippen LogP contribution in [0.25, 0.3) is 0 Å². The van der Waals surface area contributed by atoms with Crippen LogP contribution in [0.2, 0.25) is 0 Å². The smallest absolute Gasteiger partial charge is 0.223 e. The molecule has 27 heavy (non-hydrogen) atoms. The summed E-state index contributed by atoms with van der Waals surface area (Å²) in [6.45, 7) is 7.22. The molecule has 3 aliphatic rings. The summed E-state index contributed by atoms with van der Waals surface area (Å²) in [6, 6.07) is 0.470. The van der Waals surface area contributed by atoms with Crippen LogP contribution in [-0.2, 0) is 22.6 Å². The Morgan fingerprint density at radius 3 is 2.93 bits per heavy atom. The highest BCUT2D eigenvalue weighted by atomic mass is 32.1. The van der Waals surface area contributed by atoms with Crippen molar-refractivity contribution in [1.29, 1.82) is 0 Å². The Morgan fingerprint density at radius 2 is 2.19 bits per heavy atom. The quantitative estimate of drug-likeness (QED) is 0.836. The second-order valence-corrected chi connectivity index (χ2v) is 9.24. The second-order valence-electron chi connectivity index (χ2n) is 8.30. The van der Waals surface area contributed by atoms with Crippen molar-refractivity contribution in [3.8, 4) is 0 Å². The fourth-order valence-electron chi connectivity index (χ4n) is 5.33. The zero-order chi connectivity index (χ0) is 19.0. The molecule has 0 aromatic carbocycles. The molecule has 1 aromatic heterocycles. The van der Waals surface area contributed by atoms with Crippen LogP contribution in [0.15, 0.2) is 5.38 Å². The number of amides is 2. The number of carbonyl (C=O) groups is 2. The van der Waals surface area contributed by atoms with Gasteiger partial charge in [-0.3, -0.25) is 14.5 Å². The summed E-state index contributed by atoms with van der Waals surface area (Å²) in [5.41, 5.74) is 1.17. The van der Waals surface area contributed by atoms with Gasteiger partial charge < -0.3 is 10.2 Å². The van der Waals surface area contributed by atoms with E-state index in [0.29, 0.717) is 30.8 Å². The van der Waals surface area contributed by atoms with Gasteiger partial charge in [-0.15, -0.1) is 11.3 Å². The molecule has 3 aliphatic heterocycles. The van der Waals surface area contributed by atoms with Gasteiger partial charge in [0.15, 0.2) is 0 Å². The SMILES string of the molecule is CCc1nc(CN2C[C@H]3C[C@@H](C2)[C@H](CNC(C)=O)N2C(=O)CCC[C@@H]32)cs1. The lowest BCUT2D eigenvalue weighted by molar-refractivity contribution is -0.153. The van der Waals surface area contributed by atoms with Crippen molar-refractivity contribution in [3.63, 3.8) is 0 Å². The number of fused-ring (bicyclic) bond motifs is 4. The second kappa shape index (κ2) is 7.87. The van der Waals surface area contributed by atoms with Crippen LogP contribution in [0.4, 0.5) is 0 Å². The van der Waals surface area contributed by atoms with Crippen LogP contribution in [0.3, 0.4) is 0 Å². The van der Waals surface area contributed by atoms with Crippen molar-refractivity contribution in [2.75, 3.05) is 19.6 Å². The molecule has 6 nitrogen and oxygen atoms in total. The number of aromatic nitrogens is 1. The van der Waals surface area contributed by atoms with Crippen LogP contribution in [0.1, 0.15) is 50.2 Å². The molecule has 4 rings (SSSR count). The lowest BCUT2D eigenvalue weighted by Gasteiger charge is -2.56. The van der Waals surface area contributed by atoms with Gasteiger partial charge in [-0.1, -0.05) is 6.92 Å². The zero-order valence-corrected chi connectivity index (χ0v) is 17.1. The Morgan fingerprint density at radius 1 is 1.37 bits per heavy atom. The number of hydrogen-bond donors (Lipinski definition) is 1. The van der Waals surface area contributed by atoms with Gasteiger partial charge in [0.25, 0.3) is 0 Å². The first-order valence-corrected chi connectivity index (χ1v) is 11.1. The molecule has 1 aromatic rings. The summed E-state index contributed by atoms with van der Waals surface area (Å²) in [6.07, 6.45) is 4.93. The highest BCUT2D eigenvalue weighted by Gasteiger charge is 2.49. The maximum absolute atomic E-state index is 12.7. The first-order valence-electron chi connectivity index (χ1n) is 10.3. The van der Waals surface area contributed by atoms with Gasteiger partial charge in [0.1, 0.15) is 0 Å². The zero-order valence-electron chi connectivity index (χ0n) is 16.3. The molecule has 1 N–H and O–H groups in total. The number of carbonyl (C=O) groups excluding carboxylic acids is 2. The molecule has 2 bridgehead atoms. The molecule has 4 heterocycles. The van der Waals surface area contributed by atoms with Crippen molar-refractivity contribution in [2.45, 2.75) is 64.6 Å². The normalized spacial score (nSPS) is 30.9. The number of rotatable bonds is 5. The number of aryl methyl sites for hydroxylation is 1. The summed E-state index contributed by atoms with van der Waals surface area (Å²) in [5.74, 6) is 1.25. The van der Waals surface area contributed by atoms with Gasteiger partial charge >= 0.3 is 0 Å². The first kappa shape index (κ1) is 18.9. The maximum atomic E-state index is 12.7. The summed E-state index contributed by atoms with van der Waals surface area (Å²) < 4.78 is 0. The summed E-state index contributed by atoms with van der Waals surface area (Å²) in [7, 11) is 0. The third-order valence-corrected chi connectivity index (χ3v) is 7.46. The Labute approximate surface area is 165 Å². The van der Waals surface area contributed by atoms with Crippen molar-refractivity contribution in [3.05, 3.63) is 16.1 Å². The van der Waals surface area contributed by atoms with Crippen LogP contribution in [-0.4, -0.2) is 58.3 Å². The minimum atomic E-state index is -0.0136. The van der Waals surface area contributed by atoms with E-state index in [0.717, 1.165) is 38.9 Å². The number of likely N-dealkylation sites (tertiary alicyclic amines) is 1. The molecule has 0 radical (unpaired) electrons. The van der Waals surface area contributed by atoms with Gasteiger partial charge in [-0.05, 0) is 37.5 Å². The minimum Gasteiger partial charge on any atom is -0.354 e. The maximum Gasteiger partial charge on any atom is 0.223 e. The summed E-state index contributed by atoms with van der Waals surface area (Å²) in [5, 5.41) is 6.38. The molecule has 0 spiro atoms. The van der Waals surface area contributed by atoms with Gasteiger partial charge in [0.2, 0.25) is 11.8 Å². The third-order valence-electron chi connectivity index (χ3n) is 6.42. The highest BCUT2D eigenvalue weighted by molar-refractivity contribution is 7.09. The largest absolute Gasteiger partial charge is 0.354 e. The van der Waals surface area contributed by atoms with Gasteiger partial charge in [-0.2, -0.15) is 0 Å². The third kappa shape index (κ3) is 3.90. The lowest BCUT2D eigenvalue weighted by atomic mass is 9.72. The lowest BCUT2D eigenvalue weighted by Crippen LogP contribution is -2.66. The molecule has 148 valence electrons. The molecular formula is C20H30N4O2S. The summed E-state index contributed by atoms with van der Waals surface area (Å²) in [4.78, 5) is 33.7. The molecule has 0 unspecified atom stereocenters. The van der Waals surface area contributed by atoms with Crippen LogP contribution >= 0.6 is 11.3 Å². The summed E-state index contributed by atoms with van der Waals surface area (Å²) >= 11 is 1.75. The number of hydrogen-bond acceptors (Lipinski definition) is 5. The molecular weight excluding hydrogens is 360 g/mol.